The maximum atomic E-state index is 12.2. The van der Waals surface area contributed by atoms with Crippen LogP contribution in [0, 0.1) is 40.4 Å². The number of alkyl halides is 2. The number of ether oxygens (including phenoxy) is 1. The fraction of sp³-hybridized carbons (Fsp3) is 0.423. The summed E-state index contributed by atoms with van der Waals surface area (Å²) in [7, 11) is 0. The molecule has 0 bridgehead atoms. The van der Waals surface area contributed by atoms with Crippen LogP contribution >= 0.6 is 11.6 Å². The van der Waals surface area contributed by atoms with Crippen molar-refractivity contribution >= 4 is 45.6 Å². The number of aromatic nitrogens is 10. The lowest BCUT2D eigenvalue weighted by atomic mass is 9.70. The maximum absolute atomic E-state index is 12.2. The molecule has 5 aromatic rings. The van der Waals surface area contributed by atoms with Crippen LogP contribution in [0.5, 0.6) is 5.88 Å². The molecule has 44 heavy (non-hydrogen) atoms. The Balaban J connectivity index is 0.000000173. The quantitative estimate of drug-likeness (QED) is 0.227. The molecule has 0 spiro atoms. The molecular weight excluding hydrogens is 598 g/mol. The molecule has 18 heteroatoms. The first-order valence-electron chi connectivity index (χ1n) is 13.6. The van der Waals surface area contributed by atoms with Gasteiger partial charge in [-0.1, -0.05) is 11.6 Å². The van der Waals surface area contributed by atoms with E-state index >= 15 is 0 Å². The summed E-state index contributed by atoms with van der Waals surface area (Å²) in [4.78, 5) is 17.1. The molecule has 226 valence electrons. The molecule has 2 aliphatic carbocycles. The summed E-state index contributed by atoms with van der Waals surface area (Å²) in [6.07, 6.45) is 9.42. The molecule has 4 N–H and O–H groups in total. The molecule has 0 atom stereocenters. The van der Waals surface area contributed by atoms with E-state index in [4.69, 9.17) is 27.9 Å². The fourth-order valence-corrected chi connectivity index (χ4v) is 5.46. The van der Waals surface area contributed by atoms with Crippen molar-refractivity contribution in [3.05, 3.63) is 36.0 Å². The lowest BCUT2D eigenvalue weighted by Crippen LogP contribution is -2.51. The summed E-state index contributed by atoms with van der Waals surface area (Å²) in [6.45, 7) is -1.57. The number of nitrogens with zero attached hydrogens (tertiary/aromatic N) is 11. The average Bonchev–Trinajstić information content (AvgIpc) is 3.68. The third-order valence-electron chi connectivity index (χ3n) is 7.50. The van der Waals surface area contributed by atoms with E-state index in [9.17, 15) is 8.78 Å². The highest BCUT2D eigenvalue weighted by atomic mass is 35.5. The molecule has 0 amide bonds. The third kappa shape index (κ3) is 6.34. The van der Waals surface area contributed by atoms with Gasteiger partial charge < -0.3 is 15.8 Å². The molecule has 2 aliphatic rings. The number of nitriles is 2. The Morgan fingerprint density at radius 1 is 1.02 bits per heavy atom. The molecule has 2 fully saturated rings. The van der Waals surface area contributed by atoms with Crippen LogP contribution < -0.4 is 15.8 Å². The Labute approximate surface area is 253 Å². The van der Waals surface area contributed by atoms with Crippen molar-refractivity contribution < 1.29 is 13.5 Å². The number of halogens is 3. The van der Waals surface area contributed by atoms with Gasteiger partial charge >= 0.3 is 6.61 Å². The Kier molecular flexibility index (Phi) is 7.90. The fourth-order valence-electron chi connectivity index (χ4n) is 5.33. The number of nitrogens with two attached hydrogens (primary N) is 1. The molecule has 0 unspecified atom stereocenters. The summed E-state index contributed by atoms with van der Waals surface area (Å²) in [5.41, 5.74) is 7.78. The third-order valence-corrected chi connectivity index (χ3v) is 7.68. The van der Waals surface area contributed by atoms with Crippen LogP contribution in [0.2, 0.25) is 5.15 Å². The molecule has 0 radical (unpaired) electrons. The van der Waals surface area contributed by atoms with Gasteiger partial charge in [-0.3, -0.25) is 0 Å². The van der Waals surface area contributed by atoms with Crippen LogP contribution in [-0.4, -0.2) is 61.8 Å². The minimum absolute atomic E-state index is 0.167. The van der Waals surface area contributed by atoms with E-state index in [0.29, 0.717) is 47.4 Å². The largest absolute Gasteiger partial charge is 0.417 e. The number of anilines is 2. The van der Waals surface area contributed by atoms with Gasteiger partial charge in [0.25, 0.3) is 0 Å². The van der Waals surface area contributed by atoms with Crippen LogP contribution in [0.4, 0.5) is 20.4 Å². The van der Waals surface area contributed by atoms with Gasteiger partial charge in [-0.05, 0) is 37.5 Å². The average molecular weight is 623 g/mol. The van der Waals surface area contributed by atoms with Crippen LogP contribution in [0.3, 0.4) is 0 Å². The van der Waals surface area contributed by atoms with E-state index in [2.05, 4.69) is 62.5 Å². The molecule has 0 aromatic carbocycles. The number of rotatable bonds is 8. The highest BCUT2D eigenvalue weighted by Gasteiger charge is 2.41. The van der Waals surface area contributed by atoms with Gasteiger partial charge in [0.1, 0.15) is 21.7 Å². The van der Waals surface area contributed by atoms with Crippen LogP contribution in [0.25, 0.3) is 22.3 Å². The first-order chi connectivity index (χ1) is 21.2. The van der Waals surface area contributed by atoms with Gasteiger partial charge in [0.2, 0.25) is 5.88 Å². The zero-order valence-corrected chi connectivity index (χ0v) is 23.7. The van der Waals surface area contributed by atoms with Gasteiger partial charge in [-0.2, -0.15) is 34.6 Å². The van der Waals surface area contributed by atoms with Crippen LogP contribution in [0.1, 0.15) is 25.7 Å². The van der Waals surface area contributed by atoms with Crippen molar-refractivity contribution in [2.24, 2.45) is 23.5 Å². The number of hydrogen-bond donors (Lipinski definition) is 3. The Hall–Kier alpha value is -5.00. The minimum atomic E-state index is -2.94. The number of hydrogen-bond acceptors (Lipinski definition) is 12. The van der Waals surface area contributed by atoms with Crippen molar-refractivity contribution in [3.8, 4) is 18.0 Å². The lowest BCUT2D eigenvalue weighted by Gasteiger charge is -2.39. The number of nitrogens with one attached hydrogen (secondary N) is 2. The second kappa shape index (κ2) is 11.9. The van der Waals surface area contributed by atoms with E-state index in [1.165, 1.54) is 18.5 Å². The van der Waals surface area contributed by atoms with Gasteiger partial charge in [0, 0.05) is 25.1 Å². The zero-order chi connectivity index (χ0) is 30.8. The molecule has 5 aromatic heterocycles. The van der Waals surface area contributed by atoms with E-state index in [1.807, 2.05) is 4.68 Å². The van der Waals surface area contributed by atoms with Crippen molar-refractivity contribution in [2.75, 3.05) is 5.32 Å². The number of H-pyrrole nitrogens is 1. The number of fused-ring (bicyclic) bond motifs is 2. The first-order valence-corrected chi connectivity index (χ1v) is 14.0. The Morgan fingerprint density at radius 3 is 2.34 bits per heavy atom. The standard InChI is InChI=1S/C15H15F2N9O.C11H10ClN5/c16-14(17)27-12-1-10(24-25-12)22-11-5-20-9-4-21-26(13(9)23-11)6-8-2-15(19,3-8)7-18;12-10-5-14-9-4-15-17(11(9)16-10)6-8-1-7(2-8)3-13/h1,4-5,8,14H,2-3,6,19H2,(H2,22,23,24,25);4-5,7-8H,1-2,6H2/t8-,15+;. The highest BCUT2D eigenvalue weighted by Crippen LogP contribution is 2.37. The van der Waals surface area contributed by atoms with Crippen LogP contribution in [-0.2, 0) is 13.1 Å². The predicted octanol–water partition coefficient (Wildman–Crippen LogP) is 3.55. The van der Waals surface area contributed by atoms with Gasteiger partial charge in [-0.25, -0.2) is 34.4 Å². The normalized spacial score (nSPS) is 22.4. The molecule has 5 heterocycles. The SMILES string of the molecule is N#CC1CC(Cn2ncc3ncc(Cl)nc32)C1.N#C[C@]1(N)C[C@@H](Cn2ncc3ncc(Nc4cc(OC(F)F)[nH]n4)nc32)C1. The van der Waals surface area contributed by atoms with Crippen molar-refractivity contribution in [1.29, 1.82) is 10.5 Å². The van der Waals surface area contributed by atoms with E-state index in [1.54, 1.807) is 17.1 Å². The molecule has 0 saturated heterocycles. The molecule has 15 nitrogen and oxygen atoms in total. The summed E-state index contributed by atoms with van der Waals surface area (Å²) < 4.78 is 32.2. The van der Waals surface area contributed by atoms with E-state index in [0.717, 1.165) is 30.6 Å². The second-order valence-electron chi connectivity index (χ2n) is 10.8. The topological polar surface area (TPSA) is 211 Å². The summed E-state index contributed by atoms with van der Waals surface area (Å²) >= 11 is 5.82. The summed E-state index contributed by atoms with van der Waals surface area (Å²) in [6, 6.07) is 5.68. The molecule has 0 aliphatic heterocycles. The summed E-state index contributed by atoms with van der Waals surface area (Å²) in [5, 5.41) is 35.7. The van der Waals surface area contributed by atoms with Gasteiger partial charge in [0.05, 0.1) is 36.9 Å². The van der Waals surface area contributed by atoms with E-state index < -0.39 is 12.2 Å². The Bertz CT molecular complexity index is 1860. The molecule has 2 saturated carbocycles. The van der Waals surface area contributed by atoms with Gasteiger partial charge in [0.15, 0.2) is 22.9 Å². The summed E-state index contributed by atoms with van der Waals surface area (Å²) in [5.74, 6) is 1.44. The maximum Gasteiger partial charge on any atom is 0.388 e. The van der Waals surface area contributed by atoms with Crippen molar-refractivity contribution in [1.82, 2.24) is 49.7 Å². The minimum Gasteiger partial charge on any atom is -0.417 e. The van der Waals surface area contributed by atoms with E-state index in [-0.39, 0.29) is 23.5 Å². The molecular formula is C26H25ClF2N14O. The van der Waals surface area contributed by atoms with Crippen LogP contribution in [0.15, 0.2) is 30.9 Å². The highest BCUT2D eigenvalue weighted by molar-refractivity contribution is 6.29. The van der Waals surface area contributed by atoms with Crippen molar-refractivity contribution in [3.63, 3.8) is 0 Å². The number of aromatic amines is 1. The van der Waals surface area contributed by atoms with Crippen molar-refractivity contribution in [2.45, 2.75) is 50.9 Å². The second-order valence-corrected chi connectivity index (χ2v) is 11.2. The molecule has 7 rings (SSSR count). The zero-order valence-electron chi connectivity index (χ0n) is 23.0. The van der Waals surface area contributed by atoms with Gasteiger partial charge in [-0.15, -0.1) is 0 Å². The first kappa shape index (κ1) is 29.1. The smallest absolute Gasteiger partial charge is 0.388 e. The Morgan fingerprint density at radius 2 is 1.68 bits per heavy atom. The monoisotopic (exact) mass is 622 g/mol. The predicted molar refractivity (Wildman–Crippen MR) is 151 cm³/mol. The lowest BCUT2D eigenvalue weighted by molar-refractivity contribution is -0.0528.